The van der Waals surface area contributed by atoms with E-state index in [-0.39, 0.29) is 20.1 Å². The molecule has 0 aliphatic heterocycles. The van der Waals surface area contributed by atoms with Gasteiger partial charge in [0.2, 0.25) is 0 Å². The van der Waals surface area contributed by atoms with Gasteiger partial charge in [0.15, 0.2) is 0 Å². The van der Waals surface area contributed by atoms with Gasteiger partial charge in [0, 0.05) is 0 Å². The molecule has 25 heavy (non-hydrogen) atoms. The van der Waals surface area contributed by atoms with Crippen LogP contribution in [-0.4, -0.2) is 9.97 Å². The van der Waals surface area contributed by atoms with Crippen LogP contribution in [0.15, 0.2) is 97.3 Å². The molecule has 0 aliphatic rings. The topological polar surface area (TPSA) is 25.8 Å². The van der Waals surface area contributed by atoms with Crippen LogP contribution < -0.4 is 0 Å². The van der Waals surface area contributed by atoms with Gasteiger partial charge in [-0.2, -0.15) is 24.3 Å². The van der Waals surface area contributed by atoms with Crippen LogP contribution in [0.5, 0.6) is 0 Å². The van der Waals surface area contributed by atoms with E-state index in [9.17, 15) is 0 Å². The Hall–Kier alpha value is -2.61. The van der Waals surface area contributed by atoms with Gasteiger partial charge in [-0.15, -0.1) is 36.4 Å². The number of pyridine rings is 2. The average Bonchev–Trinajstić information content (AvgIpc) is 2.71. The van der Waals surface area contributed by atoms with E-state index in [1.807, 2.05) is 84.9 Å². The third kappa shape index (κ3) is 5.75. The van der Waals surface area contributed by atoms with Crippen molar-refractivity contribution < 1.29 is 20.1 Å². The predicted molar refractivity (Wildman–Crippen MR) is 97.0 cm³/mol. The fourth-order valence-electron chi connectivity index (χ4n) is 2.16. The molecule has 2 heterocycles. The summed E-state index contributed by atoms with van der Waals surface area (Å²) < 4.78 is 0. The molecule has 0 saturated heterocycles. The van der Waals surface area contributed by atoms with E-state index in [4.69, 9.17) is 0 Å². The van der Waals surface area contributed by atoms with Crippen molar-refractivity contribution in [1.82, 2.24) is 9.97 Å². The van der Waals surface area contributed by atoms with E-state index in [2.05, 4.69) is 22.1 Å². The summed E-state index contributed by atoms with van der Waals surface area (Å²) in [6, 6.07) is 33.7. The van der Waals surface area contributed by atoms with E-state index >= 15 is 0 Å². The first-order chi connectivity index (χ1) is 11.9. The van der Waals surface area contributed by atoms with Crippen LogP contribution >= 0.6 is 0 Å². The zero-order valence-corrected chi connectivity index (χ0v) is 15.9. The first kappa shape index (κ1) is 18.7. The van der Waals surface area contributed by atoms with Crippen molar-refractivity contribution in [3.63, 3.8) is 0 Å². The molecule has 0 saturated carbocycles. The third-order valence-electron chi connectivity index (χ3n) is 3.31. The van der Waals surface area contributed by atoms with Crippen LogP contribution in [0, 0.1) is 12.1 Å². The van der Waals surface area contributed by atoms with Gasteiger partial charge in [-0.1, -0.05) is 47.5 Å². The first-order valence-electron chi connectivity index (χ1n) is 7.70. The molecular weight excluding hydrogens is 484 g/mol. The standard InChI is InChI=1S/2C11H8N.Ir/c2*1-2-6-10(7-3-1)11-8-4-5-9-12-11;/h2*1-7,9H;/q2*-1;+3. The zero-order valence-electron chi connectivity index (χ0n) is 13.5. The largest absolute Gasteiger partial charge is 3.00 e. The number of hydrogen-bond donors (Lipinski definition) is 0. The van der Waals surface area contributed by atoms with E-state index in [0.29, 0.717) is 0 Å². The molecule has 122 valence electrons. The molecule has 3 heteroatoms. The fourth-order valence-corrected chi connectivity index (χ4v) is 2.16. The molecule has 0 unspecified atom stereocenters. The molecule has 0 atom stereocenters. The second kappa shape index (κ2) is 10.3. The summed E-state index contributed by atoms with van der Waals surface area (Å²) in [6.07, 6.45) is 3.55. The van der Waals surface area contributed by atoms with E-state index < -0.39 is 0 Å². The van der Waals surface area contributed by atoms with Crippen molar-refractivity contribution in [1.29, 1.82) is 0 Å². The molecule has 0 N–H and O–H groups in total. The van der Waals surface area contributed by atoms with Crippen LogP contribution in [-0.2, 0) is 20.1 Å². The van der Waals surface area contributed by atoms with Crippen molar-refractivity contribution in [3.05, 3.63) is 109 Å². The molecule has 0 aliphatic carbocycles. The normalized spacial score (nSPS) is 9.28. The Morgan fingerprint density at radius 1 is 0.520 bits per heavy atom. The predicted octanol–water partition coefficient (Wildman–Crippen LogP) is 5.10. The second-order valence-corrected chi connectivity index (χ2v) is 4.99. The summed E-state index contributed by atoms with van der Waals surface area (Å²) in [5.74, 6) is 0. The minimum Gasteiger partial charge on any atom is -0.296 e. The van der Waals surface area contributed by atoms with Crippen molar-refractivity contribution >= 4 is 0 Å². The third-order valence-corrected chi connectivity index (χ3v) is 3.31. The van der Waals surface area contributed by atoms with E-state index in [1.54, 1.807) is 12.4 Å². The van der Waals surface area contributed by atoms with Gasteiger partial charge < -0.3 is 0 Å². The van der Waals surface area contributed by atoms with Crippen LogP contribution in [0.4, 0.5) is 0 Å². The Labute approximate surface area is 162 Å². The van der Waals surface area contributed by atoms with Gasteiger partial charge in [-0.25, -0.2) is 0 Å². The van der Waals surface area contributed by atoms with Gasteiger partial charge in [-0.05, 0) is 23.8 Å². The van der Waals surface area contributed by atoms with Gasteiger partial charge >= 0.3 is 20.1 Å². The molecule has 0 radical (unpaired) electrons. The summed E-state index contributed by atoms with van der Waals surface area (Å²) in [5.41, 5.74) is 4.02. The van der Waals surface area contributed by atoms with Crippen LogP contribution in [0.25, 0.3) is 22.5 Å². The van der Waals surface area contributed by atoms with Crippen LogP contribution in [0.2, 0.25) is 0 Å². The minimum absolute atomic E-state index is 0. The number of rotatable bonds is 2. The van der Waals surface area contributed by atoms with Crippen LogP contribution in [0.3, 0.4) is 0 Å². The van der Waals surface area contributed by atoms with Crippen molar-refractivity contribution in [2.24, 2.45) is 0 Å². The molecule has 2 aromatic heterocycles. The molecule has 4 aromatic rings. The van der Waals surface area contributed by atoms with Gasteiger partial charge in [0.05, 0.1) is 0 Å². The minimum atomic E-state index is 0. The maximum atomic E-state index is 4.19. The molecule has 2 aromatic carbocycles. The first-order valence-corrected chi connectivity index (χ1v) is 7.70. The zero-order chi connectivity index (χ0) is 16.5. The maximum absolute atomic E-state index is 4.19. The van der Waals surface area contributed by atoms with Crippen molar-refractivity contribution in [3.8, 4) is 22.5 Å². The Morgan fingerprint density at radius 3 is 1.24 bits per heavy atom. The molecule has 0 amide bonds. The Bertz CT molecular complexity index is 686. The fraction of sp³-hybridized carbons (Fsp3) is 0. The molecule has 4 rings (SSSR count). The summed E-state index contributed by atoms with van der Waals surface area (Å²) >= 11 is 0. The Balaban J connectivity index is 0.000000173. The SMILES string of the molecule is [Ir+3].[c-]1cccnc1-c1ccccc1.[c-]1cccnc1-c1ccccc1. The van der Waals surface area contributed by atoms with Crippen LogP contribution in [0.1, 0.15) is 0 Å². The number of benzene rings is 2. The van der Waals surface area contributed by atoms with E-state index in [0.717, 1.165) is 22.5 Å². The summed E-state index contributed by atoms with van der Waals surface area (Å²) in [6.45, 7) is 0. The average molecular weight is 501 g/mol. The maximum Gasteiger partial charge on any atom is 3.00 e. The smallest absolute Gasteiger partial charge is 0.296 e. The van der Waals surface area contributed by atoms with Gasteiger partial charge in [0.1, 0.15) is 0 Å². The molecule has 2 nitrogen and oxygen atoms in total. The second-order valence-electron chi connectivity index (χ2n) is 4.99. The van der Waals surface area contributed by atoms with Crippen molar-refractivity contribution in [2.75, 3.05) is 0 Å². The molecular formula is C22H16IrN2+. The van der Waals surface area contributed by atoms with Crippen molar-refractivity contribution in [2.45, 2.75) is 0 Å². The number of nitrogens with zero attached hydrogens (tertiary/aromatic N) is 2. The monoisotopic (exact) mass is 501 g/mol. The number of hydrogen-bond acceptors (Lipinski definition) is 2. The molecule has 0 fully saturated rings. The molecule has 0 spiro atoms. The van der Waals surface area contributed by atoms with E-state index in [1.165, 1.54) is 0 Å². The van der Waals surface area contributed by atoms with Gasteiger partial charge in [-0.3, -0.25) is 9.97 Å². The summed E-state index contributed by atoms with van der Waals surface area (Å²) in [5, 5.41) is 0. The Kier molecular flexibility index (Phi) is 7.71. The van der Waals surface area contributed by atoms with Gasteiger partial charge in [0.25, 0.3) is 0 Å². The Morgan fingerprint density at radius 2 is 0.920 bits per heavy atom. The molecule has 0 bridgehead atoms. The summed E-state index contributed by atoms with van der Waals surface area (Å²) in [7, 11) is 0. The number of aromatic nitrogens is 2. The summed E-state index contributed by atoms with van der Waals surface area (Å²) in [4.78, 5) is 8.39. The quantitative estimate of drug-likeness (QED) is 0.358.